The van der Waals surface area contributed by atoms with Crippen LogP contribution in [0, 0.1) is 13.8 Å². The summed E-state index contributed by atoms with van der Waals surface area (Å²) in [6.07, 6.45) is -0.628. The number of ether oxygens (including phenoxy) is 2. The Labute approximate surface area is 119 Å². The van der Waals surface area contributed by atoms with E-state index >= 15 is 0 Å². The van der Waals surface area contributed by atoms with E-state index in [1.807, 2.05) is 49.4 Å². The number of hydrogen-bond donors (Lipinski definition) is 1. The van der Waals surface area contributed by atoms with Crippen LogP contribution < -0.4 is 9.47 Å². The fourth-order valence-electron chi connectivity index (χ4n) is 1.92. The van der Waals surface area contributed by atoms with Gasteiger partial charge in [0.2, 0.25) is 0 Å². The molecule has 2 rings (SSSR count). The van der Waals surface area contributed by atoms with Gasteiger partial charge in [0.1, 0.15) is 24.2 Å². The fourth-order valence-corrected chi connectivity index (χ4v) is 1.92. The average Bonchev–Trinajstić information content (AvgIpc) is 2.48. The van der Waals surface area contributed by atoms with Crippen molar-refractivity contribution in [1.29, 1.82) is 0 Å². The van der Waals surface area contributed by atoms with Crippen molar-refractivity contribution in [1.82, 2.24) is 0 Å². The number of rotatable bonds is 5. The highest BCUT2D eigenvalue weighted by molar-refractivity contribution is 5.32. The monoisotopic (exact) mass is 272 g/mol. The number of aliphatic hydroxyl groups excluding tert-OH is 1. The third-order valence-electron chi connectivity index (χ3n) is 3.38. The van der Waals surface area contributed by atoms with E-state index in [-0.39, 0.29) is 6.61 Å². The van der Waals surface area contributed by atoms with Crippen molar-refractivity contribution < 1.29 is 14.6 Å². The molecule has 0 aromatic heterocycles. The molecular formula is C17H20O3. The Morgan fingerprint density at radius 3 is 2.20 bits per heavy atom. The third kappa shape index (κ3) is 3.52. The molecule has 0 amide bonds. The summed E-state index contributed by atoms with van der Waals surface area (Å²) >= 11 is 0. The van der Waals surface area contributed by atoms with Crippen LogP contribution in [0.3, 0.4) is 0 Å². The first kappa shape index (κ1) is 14.4. The van der Waals surface area contributed by atoms with E-state index in [4.69, 9.17) is 9.47 Å². The van der Waals surface area contributed by atoms with Crippen molar-refractivity contribution in [2.75, 3.05) is 13.7 Å². The van der Waals surface area contributed by atoms with E-state index < -0.39 is 6.10 Å². The van der Waals surface area contributed by atoms with Gasteiger partial charge in [-0.1, -0.05) is 18.2 Å². The Kier molecular flexibility index (Phi) is 4.64. The molecule has 106 valence electrons. The van der Waals surface area contributed by atoms with Gasteiger partial charge in [-0.15, -0.1) is 0 Å². The van der Waals surface area contributed by atoms with Crippen molar-refractivity contribution in [2.24, 2.45) is 0 Å². The van der Waals surface area contributed by atoms with Crippen LogP contribution in [0.15, 0.2) is 42.5 Å². The number of methoxy groups -OCH3 is 1. The summed E-state index contributed by atoms with van der Waals surface area (Å²) in [6.45, 7) is 4.32. The lowest BCUT2D eigenvalue weighted by Gasteiger charge is -2.14. The van der Waals surface area contributed by atoms with Crippen LogP contribution in [0.2, 0.25) is 0 Å². The molecule has 3 nitrogen and oxygen atoms in total. The standard InChI is InChI=1S/C17H20O3/c1-12-4-5-14(10-13(12)2)17(18)11-20-16-8-6-15(19-3)7-9-16/h4-10,17-18H,11H2,1-3H3. The second-order valence-corrected chi connectivity index (χ2v) is 4.85. The summed E-state index contributed by atoms with van der Waals surface area (Å²) in [7, 11) is 1.62. The fraction of sp³-hybridized carbons (Fsp3) is 0.294. The number of aryl methyl sites for hydroxylation is 2. The second-order valence-electron chi connectivity index (χ2n) is 4.85. The van der Waals surface area contributed by atoms with Crippen molar-refractivity contribution in [3.05, 3.63) is 59.2 Å². The number of benzene rings is 2. The highest BCUT2D eigenvalue weighted by Crippen LogP contribution is 2.21. The van der Waals surface area contributed by atoms with E-state index in [1.165, 1.54) is 11.1 Å². The van der Waals surface area contributed by atoms with Gasteiger partial charge in [0.25, 0.3) is 0 Å². The van der Waals surface area contributed by atoms with Gasteiger partial charge in [0.15, 0.2) is 0 Å². The van der Waals surface area contributed by atoms with Crippen molar-refractivity contribution in [3.63, 3.8) is 0 Å². The van der Waals surface area contributed by atoms with Crippen LogP contribution in [-0.4, -0.2) is 18.8 Å². The van der Waals surface area contributed by atoms with Gasteiger partial charge >= 0.3 is 0 Å². The van der Waals surface area contributed by atoms with Crippen LogP contribution >= 0.6 is 0 Å². The largest absolute Gasteiger partial charge is 0.497 e. The summed E-state index contributed by atoms with van der Waals surface area (Å²) in [6, 6.07) is 13.3. The van der Waals surface area contributed by atoms with Crippen LogP contribution in [0.5, 0.6) is 11.5 Å². The maximum Gasteiger partial charge on any atom is 0.119 e. The van der Waals surface area contributed by atoms with Gasteiger partial charge in [-0.3, -0.25) is 0 Å². The Hall–Kier alpha value is -2.00. The Balaban J connectivity index is 1.96. The minimum Gasteiger partial charge on any atom is -0.497 e. The van der Waals surface area contributed by atoms with E-state index in [0.29, 0.717) is 5.75 Å². The highest BCUT2D eigenvalue weighted by atomic mass is 16.5. The number of aliphatic hydroxyl groups is 1. The summed E-state index contributed by atoms with van der Waals surface area (Å²) in [5.74, 6) is 1.50. The highest BCUT2D eigenvalue weighted by Gasteiger charge is 2.09. The third-order valence-corrected chi connectivity index (χ3v) is 3.38. The molecule has 0 aliphatic heterocycles. The topological polar surface area (TPSA) is 38.7 Å². The molecular weight excluding hydrogens is 252 g/mol. The first-order valence-corrected chi connectivity index (χ1v) is 6.62. The summed E-state index contributed by atoms with van der Waals surface area (Å²) in [5, 5.41) is 10.1. The molecule has 0 fully saturated rings. The van der Waals surface area contributed by atoms with Crippen LogP contribution in [0.4, 0.5) is 0 Å². The van der Waals surface area contributed by atoms with E-state index in [9.17, 15) is 5.11 Å². The Morgan fingerprint density at radius 2 is 1.60 bits per heavy atom. The van der Waals surface area contributed by atoms with Crippen molar-refractivity contribution in [2.45, 2.75) is 20.0 Å². The van der Waals surface area contributed by atoms with Crippen LogP contribution in [0.25, 0.3) is 0 Å². The van der Waals surface area contributed by atoms with Gasteiger partial charge in [-0.25, -0.2) is 0 Å². The SMILES string of the molecule is COc1ccc(OCC(O)c2ccc(C)c(C)c2)cc1. The maximum atomic E-state index is 10.1. The Bertz CT molecular complexity index is 561. The molecule has 0 aliphatic carbocycles. The normalized spacial score (nSPS) is 12.0. The molecule has 0 saturated heterocycles. The zero-order chi connectivity index (χ0) is 14.5. The maximum absolute atomic E-state index is 10.1. The van der Waals surface area contributed by atoms with E-state index in [0.717, 1.165) is 11.3 Å². The minimum atomic E-state index is -0.628. The predicted molar refractivity (Wildman–Crippen MR) is 79.4 cm³/mol. The Morgan fingerprint density at radius 1 is 0.950 bits per heavy atom. The summed E-state index contributed by atoms with van der Waals surface area (Å²) in [5.41, 5.74) is 3.27. The summed E-state index contributed by atoms with van der Waals surface area (Å²) in [4.78, 5) is 0. The average molecular weight is 272 g/mol. The second kappa shape index (κ2) is 6.44. The molecule has 0 radical (unpaired) electrons. The smallest absolute Gasteiger partial charge is 0.119 e. The van der Waals surface area contributed by atoms with Gasteiger partial charge in [0.05, 0.1) is 7.11 Å². The molecule has 20 heavy (non-hydrogen) atoms. The number of hydrogen-bond acceptors (Lipinski definition) is 3. The molecule has 0 saturated carbocycles. The first-order chi connectivity index (χ1) is 9.60. The predicted octanol–water partition coefficient (Wildman–Crippen LogP) is 3.42. The first-order valence-electron chi connectivity index (χ1n) is 6.62. The molecule has 0 spiro atoms. The molecule has 1 N–H and O–H groups in total. The van der Waals surface area contributed by atoms with E-state index in [1.54, 1.807) is 7.11 Å². The van der Waals surface area contributed by atoms with Crippen molar-refractivity contribution >= 4 is 0 Å². The molecule has 0 aliphatic rings. The molecule has 2 aromatic rings. The zero-order valence-electron chi connectivity index (χ0n) is 12.1. The van der Waals surface area contributed by atoms with Gasteiger partial charge in [-0.2, -0.15) is 0 Å². The minimum absolute atomic E-state index is 0.231. The quantitative estimate of drug-likeness (QED) is 0.906. The molecule has 2 aromatic carbocycles. The lowest BCUT2D eigenvalue weighted by Crippen LogP contribution is -2.10. The van der Waals surface area contributed by atoms with Crippen LogP contribution in [-0.2, 0) is 0 Å². The molecule has 3 heteroatoms. The molecule has 1 atom stereocenters. The van der Waals surface area contributed by atoms with Gasteiger partial charge < -0.3 is 14.6 Å². The zero-order valence-corrected chi connectivity index (χ0v) is 12.1. The molecule has 0 bridgehead atoms. The molecule has 0 heterocycles. The lowest BCUT2D eigenvalue weighted by molar-refractivity contribution is 0.108. The summed E-state index contributed by atoms with van der Waals surface area (Å²) < 4.78 is 10.7. The van der Waals surface area contributed by atoms with Gasteiger partial charge in [-0.05, 0) is 54.8 Å². The van der Waals surface area contributed by atoms with Gasteiger partial charge in [0, 0.05) is 0 Å². The lowest BCUT2D eigenvalue weighted by atomic mass is 10.0. The van der Waals surface area contributed by atoms with E-state index in [2.05, 4.69) is 6.92 Å². The van der Waals surface area contributed by atoms with Crippen molar-refractivity contribution in [3.8, 4) is 11.5 Å². The molecule has 1 unspecified atom stereocenters. The van der Waals surface area contributed by atoms with Crippen LogP contribution in [0.1, 0.15) is 22.8 Å².